The third-order valence-electron chi connectivity index (χ3n) is 10.3. The number of aryl methyl sites for hydroxylation is 3. The number of nitrogens with zero attached hydrogens (tertiary/aromatic N) is 1. The fourth-order valence-corrected chi connectivity index (χ4v) is 7.94. The maximum absolute atomic E-state index is 2.42. The third-order valence-corrected chi connectivity index (χ3v) is 10.3. The van der Waals surface area contributed by atoms with Crippen molar-refractivity contribution in [1.29, 1.82) is 0 Å². The van der Waals surface area contributed by atoms with Crippen molar-refractivity contribution in [2.24, 2.45) is 0 Å². The molecule has 0 fully saturated rings. The predicted molar refractivity (Wildman–Crippen MR) is 211 cm³/mol. The molecule has 0 amide bonds. The molecule has 0 aliphatic carbocycles. The molecule has 1 heteroatoms. The van der Waals surface area contributed by atoms with E-state index in [0.717, 1.165) is 6.54 Å². The van der Waals surface area contributed by atoms with E-state index < -0.39 is 0 Å². The molecule has 8 aromatic carbocycles. The second-order valence-corrected chi connectivity index (χ2v) is 13.4. The van der Waals surface area contributed by atoms with Crippen LogP contribution in [0.3, 0.4) is 0 Å². The molecule has 0 aliphatic rings. The highest BCUT2D eigenvalue weighted by molar-refractivity contribution is 6.21. The third kappa shape index (κ3) is 4.85. The van der Waals surface area contributed by atoms with Gasteiger partial charge in [0.2, 0.25) is 0 Å². The van der Waals surface area contributed by atoms with Gasteiger partial charge in [-0.15, -0.1) is 0 Å². The van der Waals surface area contributed by atoms with Crippen LogP contribution >= 0.6 is 0 Å². The van der Waals surface area contributed by atoms with Crippen molar-refractivity contribution in [3.05, 3.63) is 169 Å². The number of aromatic nitrogens is 1. The van der Waals surface area contributed by atoms with Crippen LogP contribution in [-0.4, -0.2) is 4.57 Å². The lowest BCUT2D eigenvalue weighted by Gasteiger charge is -2.19. The SMILES string of the molecule is CCn1c2ccccc2c2cc(-c3ccc(-c4c5ccc(C)cc5c(-c5ccc(-c6ccccc6)cc5)c5ccc(C)cc45)cc3)ccc21. The molecule has 0 saturated carbocycles. The summed E-state index contributed by atoms with van der Waals surface area (Å²) in [4.78, 5) is 0. The summed E-state index contributed by atoms with van der Waals surface area (Å²) >= 11 is 0. The smallest absolute Gasteiger partial charge is 0.0491 e. The van der Waals surface area contributed by atoms with E-state index in [4.69, 9.17) is 0 Å². The first-order valence-electron chi connectivity index (χ1n) is 17.3. The van der Waals surface area contributed by atoms with Gasteiger partial charge in [-0.1, -0.05) is 151 Å². The molecule has 0 aliphatic heterocycles. The Morgan fingerprint density at radius 2 is 0.816 bits per heavy atom. The zero-order valence-electron chi connectivity index (χ0n) is 28.2. The maximum atomic E-state index is 2.42. The molecule has 9 rings (SSSR count). The molecule has 0 bridgehead atoms. The van der Waals surface area contributed by atoms with Gasteiger partial charge in [-0.25, -0.2) is 0 Å². The molecule has 1 aromatic heterocycles. The quantitative estimate of drug-likeness (QED) is 0.167. The summed E-state index contributed by atoms with van der Waals surface area (Å²) in [5.74, 6) is 0. The van der Waals surface area contributed by atoms with Crippen molar-refractivity contribution >= 4 is 43.4 Å². The molecule has 0 N–H and O–H groups in total. The van der Waals surface area contributed by atoms with Crippen LogP contribution in [0.1, 0.15) is 18.1 Å². The number of rotatable bonds is 5. The summed E-state index contributed by atoms with van der Waals surface area (Å²) < 4.78 is 2.42. The second kappa shape index (κ2) is 11.6. The van der Waals surface area contributed by atoms with E-state index in [1.807, 2.05) is 0 Å². The van der Waals surface area contributed by atoms with Crippen LogP contribution in [0, 0.1) is 13.8 Å². The normalized spacial score (nSPS) is 11.7. The van der Waals surface area contributed by atoms with Crippen molar-refractivity contribution in [3.8, 4) is 44.5 Å². The van der Waals surface area contributed by atoms with Gasteiger partial charge < -0.3 is 4.57 Å². The lowest BCUT2D eigenvalue weighted by Crippen LogP contribution is -1.93. The Kier molecular flexibility index (Phi) is 6.95. The zero-order valence-corrected chi connectivity index (χ0v) is 28.2. The van der Waals surface area contributed by atoms with Gasteiger partial charge >= 0.3 is 0 Å². The van der Waals surface area contributed by atoms with E-state index in [-0.39, 0.29) is 0 Å². The Bertz CT molecular complexity index is 2670. The largest absolute Gasteiger partial charge is 0.341 e. The zero-order chi connectivity index (χ0) is 33.1. The average molecular weight is 628 g/mol. The summed E-state index contributed by atoms with van der Waals surface area (Å²) in [6.07, 6.45) is 0. The highest BCUT2D eigenvalue weighted by Crippen LogP contribution is 2.45. The van der Waals surface area contributed by atoms with Crippen molar-refractivity contribution in [2.45, 2.75) is 27.3 Å². The van der Waals surface area contributed by atoms with E-state index >= 15 is 0 Å². The average Bonchev–Trinajstić information content (AvgIpc) is 3.47. The molecular formula is C48H37N. The first kappa shape index (κ1) is 29.2. The Hall–Kier alpha value is -5.92. The Morgan fingerprint density at radius 1 is 0.347 bits per heavy atom. The van der Waals surface area contributed by atoms with Gasteiger partial charge in [-0.2, -0.15) is 0 Å². The number of para-hydroxylation sites is 1. The lowest BCUT2D eigenvalue weighted by molar-refractivity contribution is 0.827. The first-order valence-corrected chi connectivity index (χ1v) is 17.3. The van der Waals surface area contributed by atoms with Gasteiger partial charge in [-0.3, -0.25) is 0 Å². The second-order valence-electron chi connectivity index (χ2n) is 13.4. The minimum Gasteiger partial charge on any atom is -0.341 e. The molecular weight excluding hydrogens is 591 g/mol. The lowest BCUT2D eigenvalue weighted by atomic mass is 9.84. The van der Waals surface area contributed by atoms with Crippen molar-refractivity contribution in [2.75, 3.05) is 0 Å². The van der Waals surface area contributed by atoms with E-state index in [1.165, 1.54) is 99.0 Å². The molecule has 1 nitrogen and oxygen atoms in total. The Labute approximate surface area is 287 Å². The summed E-state index contributed by atoms with van der Waals surface area (Å²) in [7, 11) is 0. The topological polar surface area (TPSA) is 4.93 Å². The first-order chi connectivity index (χ1) is 24.1. The van der Waals surface area contributed by atoms with E-state index in [0.29, 0.717) is 0 Å². The molecule has 9 aromatic rings. The minimum absolute atomic E-state index is 0.955. The van der Waals surface area contributed by atoms with Gasteiger partial charge in [0.05, 0.1) is 0 Å². The van der Waals surface area contributed by atoms with E-state index in [2.05, 4.69) is 183 Å². The summed E-state index contributed by atoms with van der Waals surface area (Å²) in [5.41, 5.74) is 15.1. The van der Waals surface area contributed by atoms with Crippen LogP contribution in [0.2, 0.25) is 0 Å². The van der Waals surface area contributed by atoms with E-state index in [1.54, 1.807) is 0 Å². The molecule has 0 spiro atoms. The van der Waals surface area contributed by atoms with Crippen LogP contribution in [0.25, 0.3) is 87.9 Å². The number of fused-ring (bicyclic) bond motifs is 5. The van der Waals surface area contributed by atoms with Gasteiger partial charge in [-0.05, 0) is 105 Å². The van der Waals surface area contributed by atoms with Gasteiger partial charge in [0, 0.05) is 28.4 Å². The highest BCUT2D eigenvalue weighted by Gasteiger charge is 2.18. The van der Waals surface area contributed by atoms with E-state index in [9.17, 15) is 0 Å². The van der Waals surface area contributed by atoms with Gasteiger partial charge in [0.15, 0.2) is 0 Å². The fraction of sp³-hybridized carbons (Fsp3) is 0.0833. The number of hydrogen-bond donors (Lipinski definition) is 0. The Balaban J connectivity index is 1.20. The van der Waals surface area contributed by atoms with Crippen molar-refractivity contribution in [1.82, 2.24) is 4.57 Å². The van der Waals surface area contributed by atoms with Crippen LogP contribution < -0.4 is 0 Å². The standard InChI is InChI=1S/C48H37N/c1-4-49-45-13-9-8-12-39(45)42-30-38(24-27-46(42)49)35-18-22-37(23-19-35)48-41-26-15-31(2)28-43(41)47(40-25-14-32(3)29-44(40)48)36-20-16-34(17-21-36)33-10-6-5-7-11-33/h5-30H,4H2,1-3H3. The summed E-state index contributed by atoms with van der Waals surface area (Å²) in [6, 6.07) is 58.6. The summed E-state index contributed by atoms with van der Waals surface area (Å²) in [5, 5.41) is 7.78. The van der Waals surface area contributed by atoms with Crippen molar-refractivity contribution < 1.29 is 0 Å². The predicted octanol–water partition coefficient (Wildman–Crippen LogP) is 13.4. The molecule has 0 atom stereocenters. The molecule has 234 valence electrons. The van der Waals surface area contributed by atoms with Crippen LogP contribution in [0.15, 0.2) is 158 Å². The number of benzene rings is 8. The van der Waals surface area contributed by atoms with Crippen molar-refractivity contribution in [3.63, 3.8) is 0 Å². The summed E-state index contributed by atoms with van der Waals surface area (Å²) in [6.45, 7) is 7.58. The number of hydrogen-bond acceptors (Lipinski definition) is 0. The molecule has 1 heterocycles. The van der Waals surface area contributed by atoms with Crippen LogP contribution in [0.5, 0.6) is 0 Å². The van der Waals surface area contributed by atoms with Gasteiger partial charge in [0.25, 0.3) is 0 Å². The fourth-order valence-electron chi connectivity index (χ4n) is 7.94. The molecule has 0 saturated heterocycles. The van der Waals surface area contributed by atoms with Crippen LogP contribution in [-0.2, 0) is 6.54 Å². The minimum atomic E-state index is 0.955. The molecule has 0 unspecified atom stereocenters. The highest BCUT2D eigenvalue weighted by atomic mass is 15.0. The monoisotopic (exact) mass is 627 g/mol. The molecule has 0 radical (unpaired) electrons. The Morgan fingerprint density at radius 3 is 1.41 bits per heavy atom. The maximum Gasteiger partial charge on any atom is 0.0491 e. The van der Waals surface area contributed by atoms with Gasteiger partial charge in [0.1, 0.15) is 0 Å². The molecule has 49 heavy (non-hydrogen) atoms. The van der Waals surface area contributed by atoms with Crippen LogP contribution in [0.4, 0.5) is 0 Å².